The van der Waals surface area contributed by atoms with Gasteiger partial charge < -0.3 is 9.72 Å². The minimum atomic E-state index is -0.612. The van der Waals surface area contributed by atoms with Crippen molar-refractivity contribution in [2.45, 2.75) is 26.4 Å². The van der Waals surface area contributed by atoms with E-state index in [-0.39, 0.29) is 29.1 Å². The first-order chi connectivity index (χ1) is 8.56. The van der Waals surface area contributed by atoms with Crippen LogP contribution >= 0.6 is 0 Å². The lowest BCUT2D eigenvalue weighted by Gasteiger charge is -2.08. The number of nitrogens with one attached hydrogen (secondary N) is 1. The van der Waals surface area contributed by atoms with Crippen LogP contribution in [-0.2, 0) is 17.8 Å². The van der Waals surface area contributed by atoms with Crippen molar-refractivity contribution in [1.82, 2.24) is 4.98 Å². The maximum absolute atomic E-state index is 11.7. The minimum Gasteiger partial charge on any atom is -0.380 e. The number of pyridine rings is 1. The van der Waals surface area contributed by atoms with Crippen molar-refractivity contribution in [3.05, 3.63) is 37.3 Å². The lowest BCUT2D eigenvalue weighted by Crippen LogP contribution is -2.19. The molecule has 0 radical (unpaired) electrons. The Morgan fingerprint density at radius 2 is 2.22 bits per heavy atom. The molecular formula is C11H13N3O4. The Labute approximate surface area is 103 Å². The SMILES string of the molecule is CCCc1[nH]c(=O)c(C#N)c(COC)c1[N+](=O)[O-]. The Morgan fingerprint density at radius 1 is 1.56 bits per heavy atom. The molecule has 1 heterocycles. The second-order valence-corrected chi connectivity index (χ2v) is 3.69. The quantitative estimate of drug-likeness (QED) is 0.625. The fraction of sp³-hybridized carbons (Fsp3) is 0.455. The first-order valence-electron chi connectivity index (χ1n) is 5.38. The largest absolute Gasteiger partial charge is 0.380 e. The Balaban J connectivity index is 3.64. The van der Waals surface area contributed by atoms with Crippen LogP contribution in [0.25, 0.3) is 0 Å². The third kappa shape index (κ3) is 2.55. The molecule has 96 valence electrons. The maximum atomic E-state index is 11.7. The number of ether oxygens (including phenoxy) is 1. The van der Waals surface area contributed by atoms with Gasteiger partial charge in [-0.3, -0.25) is 14.9 Å². The van der Waals surface area contributed by atoms with Crippen LogP contribution in [0.5, 0.6) is 0 Å². The second kappa shape index (κ2) is 5.93. The first-order valence-corrected chi connectivity index (χ1v) is 5.38. The molecule has 0 amide bonds. The van der Waals surface area contributed by atoms with E-state index in [1.807, 2.05) is 6.92 Å². The van der Waals surface area contributed by atoms with Crippen molar-refractivity contribution < 1.29 is 9.66 Å². The van der Waals surface area contributed by atoms with Crippen LogP contribution in [0.2, 0.25) is 0 Å². The van der Waals surface area contributed by atoms with Crippen LogP contribution in [0.15, 0.2) is 4.79 Å². The Hall–Kier alpha value is -2.20. The highest BCUT2D eigenvalue weighted by molar-refractivity contribution is 5.52. The van der Waals surface area contributed by atoms with E-state index in [1.165, 1.54) is 7.11 Å². The smallest absolute Gasteiger partial charge is 0.295 e. The van der Waals surface area contributed by atoms with E-state index >= 15 is 0 Å². The predicted octanol–water partition coefficient (Wildman–Crippen LogP) is 1.25. The van der Waals surface area contributed by atoms with Gasteiger partial charge >= 0.3 is 0 Å². The highest BCUT2D eigenvalue weighted by atomic mass is 16.6. The molecule has 0 aliphatic heterocycles. The summed E-state index contributed by atoms with van der Waals surface area (Å²) in [6.45, 7) is 1.70. The molecule has 7 nitrogen and oxygen atoms in total. The van der Waals surface area contributed by atoms with Crippen molar-refractivity contribution in [2.24, 2.45) is 0 Å². The lowest BCUT2D eigenvalue weighted by atomic mass is 10.1. The van der Waals surface area contributed by atoms with Gasteiger partial charge in [0, 0.05) is 7.11 Å². The highest BCUT2D eigenvalue weighted by Gasteiger charge is 2.25. The molecule has 1 aromatic heterocycles. The molecule has 18 heavy (non-hydrogen) atoms. The zero-order chi connectivity index (χ0) is 13.7. The van der Waals surface area contributed by atoms with Gasteiger partial charge in [-0.1, -0.05) is 13.3 Å². The Bertz CT molecular complexity index is 557. The summed E-state index contributed by atoms with van der Waals surface area (Å²) in [5.41, 5.74) is -0.826. The number of hydrogen-bond donors (Lipinski definition) is 1. The number of hydrogen-bond acceptors (Lipinski definition) is 5. The summed E-state index contributed by atoms with van der Waals surface area (Å²) in [5.74, 6) is 0. The summed E-state index contributed by atoms with van der Waals surface area (Å²) in [4.78, 5) is 24.6. The summed E-state index contributed by atoms with van der Waals surface area (Å²) in [7, 11) is 1.35. The van der Waals surface area contributed by atoms with Crippen LogP contribution < -0.4 is 5.56 Å². The third-order valence-electron chi connectivity index (χ3n) is 2.45. The van der Waals surface area contributed by atoms with E-state index in [0.29, 0.717) is 12.8 Å². The van der Waals surface area contributed by atoms with Crippen LogP contribution in [0.4, 0.5) is 5.69 Å². The van der Waals surface area contributed by atoms with Crippen LogP contribution in [0, 0.1) is 21.4 Å². The van der Waals surface area contributed by atoms with Crippen molar-refractivity contribution in [3.63, 3.8) is 0 Å². The topological polar surface area (TPSA) is 109 Å². The first kappa shape index (κ1) is 13.9. The summed E-state index contributed by atoms with van der Waals surface area (Å²) in [6, 6.07) is 1.69. The number of aromatic nitrogens is 1. The molecule has 0 aliphatic carbocycles. The normalized spacial score (nSPS) is 10.1. The van der Waals surface area contributed by atoms with Crippen molar-refractivity contribution in [3.8, 4) is 6.07 Å². The third-order valence-corrected chi connectivity index (χ3v) is 2.45. The molecule has 0 saturated heterocycles. The van der Waals surface area contributed by atoms with E-state index in [9.17, 15) is 14.9 Å². The number of aromatic amines is 1. The number of H-pyrrole nitrogens is 1. The Kier molecular flexibility index (Phi) is 4.57. The zero-order valence-electron chi connectivity index (χ0n) is 10.1. The van der Waals surface area contributed by atoms with Gasteiger partial charge in [0.2, 0.25) is 0 Å². The average molecular weight is 251 g/mol. The molecule has 0 fully saturated rings. The summed E-state index contributed by atoms with van der Waals surface area (Å²) in [5, 5.41) is 20.0. The Morgan fingerprint density at radius 3 is 2.67 bits per heavy atom. The summed E-state index contributed by atoms with van der Waals surface area (Å²) < 4.78 is 4.84. The van der Waals surface area contributed by atoms with Gasteiger partial charge in [-0.2, -0.15) is 5.26 Å². The standard InChI is InChI=1S/C11H13N3O4/c1-3-4-9-10(14(16)17)8(6-18-2)7(5-12)11(15)13-9/h3-4,6H2,1-2H3,(H,13,15). The lowest BCUT2D eigenvalue weighted by molar-refractivity contribution is -0.387. The molecule has 0 unspecified atom stereocenters. The zero-order valence-corrected chi connectivity index (χ0v) is 10.1. The molecule has 0 atom stereocenters. The van der Waals surface area contributed by atoms with Gasteiger partial charge in [-0.15, -0.1) is 0 Å². The van der Waals surface area contributed by atoms with Crippen LogP contribution in [0.3, 0.4) is 0 Å². The van der Waals surface area contributed by atoms with Gasteiger partial charge in [-0.25, -0.2) is 0 Å². The van der Waals surface area contributed by atoms with Crippen LogP contribution in [-0.4, -0.2) is 17.0 Å². The van der Waals surface area contributed by atoms with E-state index in [4.69, 9.17) is 10.00 Å². The van der Waals surface area contributed by atoms with Gasteiger partial charge in [0.05, 0.1) is 22.8 Å². The number of nitriles is 1. The molecule has 0 bridgehead atoms. The molecule has 0 aromatic carbocycles. The molecule has 1 rings (SSSR count). The monoisotopic (exact) mass is 251 g/mol. The molecule has 7 heteroatoms. The van der Waals surface area contributed by atoms with Crippen molar-refractivity contribution in [2.75, 3.05) is 7.11 Å². The number of rotatable bonds is 5. The van der Waals surface area contributed by atoms with Crippen molar-refractivity contribution in [1.29, 1.82) is 5.26 Å². The van der Waals surface area contributed by atoms with Gasteiger partial charge in [0.25, 0.3) is 11.2 Å². The van der Waals surface area contributed by atoms with Gasteiger partial charge in [0.1, 0.15) is 11.6 Å². The highest BCUT2D eigenvalue weighted by Crippen LogP contribution is 2.25. The minimum absolute atomic E-state index is 0.0391. The second-order valence-electron chi connectivity index (χ2n) is 3.69. The molecule has 1 N–H and O–H groups in total. The molecule has 0 spiro atoms. The molecular weight excluding hydrogens is 238 g/mol. The number of methoxy groups -OCH3 is 1. The molecule has 0 saturated carbocycles. The molecule has 0 aliphatic rings. The number of nitro groups is 1. The van der Waals surface area contributed by atoms with E-state index in [0.717, 1.165) is 0 Å². The predicted molar refractivity (Wildman–Crippen MR) is 63.1 cm³/mol. The van der Waals surface area contributed by atoms with E-state index < -0.39 is 10.5 Å². The fourth-order valence-corrected chi connectivity index (χ4v) is 1.75. The van der Waals surface area contributed by atoms with E-state index in [2.05, 4.69) is 4.98 Å². The van der Waals surface area contributed by atoms with Crippen molar-refractivity contribution >= 4 is 5.69 Å². The summed E-state index contributed by atoms with van der Waals surface area (Å²) in [6.07, 6.45) is 1.02. The number of nitrogens with zero attached hydrogens (tertiary/aromatic N) is 2. The van der Waals surface area contributed by atoms with Gasteiger partial charge in [-0.05, 0) is 6.42 Å². The van der Waals surface area contributed by atoms with E-state index in [1.54, 1.807) is 6.07 Å². The average Bonchev–Trinajstić information content (AvgIpc) is 2.29. The molecule has 1 aromatic rings. The summed E-state index contributed by atoms with van der Waals surface area (Å²) >= 11 is 0. The maximum Gasteiger partial charge on any atom is 0.295 e. The number of aryl methyl sites for hydroxylation is 1. The van der Waals surface area contributed by atoms with Crippen LogP contribution in [0.1, 0.15) is 30.2 Å². The van der Waals surface area contributed by atoms with Gasteiger partial charge in [0.15, 0.2) is 0 Å². The fourth-order valence-electron chi connectivity index (χ4n) is 1.75.